The number of aromatic nitrogens is 2. The van der Waals surface area contributed by atoms with Gasteiger partial charge in [-0.25, -0.2) is 22.9 Å². The number of nitrogens with zero attached hydrogens (tertiary/aromatic N) is 3. The number of hydrogen-bond acceptors (Lipinski definition) is 9. The molecule has 0 unspecified atom stereocenters. The summed E-state index contributed by atoms with van der Waals surface area (Å²) in [4.78, 5) is 40.4. The van der Waals surface area contributed by atoms with Crippen LogP contribution in [0.3, 0.4) is 0 Å². The highest BCUT2D eigenvalue weighted by Gasteiger charge is 2.27. The third-order valence-corrected chi connectivity index (χ3v) is 6.48. The molecule has 0 saturated carbocycles. The first-order chi connectivity index (χ1) is 14.1. The first kappa shape index (κ1) is 23.9. The van der Waals surface area contributed by atoms with Crippen molar-refractivity contribution in [1.82, 2.24) is 19.2 Å². The van der Waals surface area contributed by atoms with Crippen LogP contribution in [0, 0.1) is 6.92 Å². The van der Waals surface area contributed by atoms with Gasteiger partial charge in [0.05, 0.1) is 37.0 Å². The molecule has 1 fully saturated rings. The number of thioether (sulfide) groups is 1. The van der Waals surface area contributed by atoms with Gasteiger partial charge in [0.1, 0.15) is 5.82 Å². The van der Waals surface area contributed by atoms with Crippen LogP contribution in [0.2, 0.25) is 0 Å². The largest absolute Gasteiger partial charge is 0.466 e. The number of hydrogen-bond donors (Lipinski definition) is 1. The van der Waals surface area contributed by atoms with Crippen molar-refractivity contribution < 1.29 is 32.3 Å². The van der Waals surface area contributed by atoms with Gasteiger partial charge in [0.25, 0.3) is 10.0 Å². The molecule has 0 radical (unpaired) electrons. The Morgan fingerprint density at radius 3 is 2.77 bits per heavy atom. The van der Waals surface area contributed by atoms with Crippen LogP contribution in [-0.4, -0.2) is 73.3 Å². The van der Waals surface area contributed by atoms with Gasteiger partial charge >= 0.3 is 11.9 Å². The van der Waals surface area contributed by atoms with Crippen LogP contribution in [0.5, 0.6) is 0 Å². The lowest BCUT2D eigenvalue weighted by Gasteiger charge is -2.16. The van der Waals surface area contributed by atoms with Crippen LogP contribution >= 0.6 is 11.8 Å². The van der Waals surface area contributed by atoms with Crippen molar-refractivity contribution in [1.29, 1.82) is 0 Å². The Morgan fingerprint density at radius 1 is 1.40 bits per heavy atom. The molecule has 2 heterocycles. The fraction of sp³-hybridized carbons (Fsp3) is 0.529. The third kappa shape index (κ3) is 6.57. The van der Waals surface area contributed by atoms with E-state index in [-0.39, 0.29) is 42.8 Å². The average molecular weight is 461 g/mol. The zero-order valence-electron chi connectivity index (χ0n) is 16.9. The molecule has 1 aliphatic heterocycles. The lowest BCUT2D eigenvalue weighted by atomic mass is 10.4. The molecular formula is C17H24N4O7S2. The van der Waals surface area contributed by atoms with Crippen molar-refractivity contribution in [2.75, 3.05) is 32.6 Å². The lowest BCUT2D eigenvalue weighted by molar-refractivity contribution is -0.143. The number of carbonyl (C=O) groups excluding carboxylic acids is 3. The lowest BCUT2D eigenvalue weighted by Crippen LogP contribution is -2.28. The van der Waals surface area contributed by atoms with E-state index in [1.54, 1.807) is 18.5 Å². The molecule has 0 aromatic carbocycles. The molecule has 11 nitrogen and oxygen atoms in total. The summed E-state index contributed by atoms with van der Waals surface area (Å²) in [6.45, 7) is 1.90. The standard InChI is InChI=1S/C17H24N4O7S2/c1-12-19-13(10-20(12)2)30(25,26)18-6-5-16(23)28-8-4-7-21-14(22)11-29-15(21)9-17(24)27-3/h9-10,18H,4-8,11H2,1-3H3/b15-9+. The van der Waals surface area contributed by atoms with Crippen molar-refractivity contribution in [3.63, 3.8) is 0 Å². The second kappa shape index (κ2) is 10.6. The Balaban J connectivity index is 1.70. The van der Waals surface area contributed by atoms with Gasteiger partial charge in [-0.05, 0) is 13.3 Å². The molecule has 1 N–H and O–H groups in total. The summed E-state index contributed by atoms with van der Waals surface area (Å²) in [7, 11) is -0.865. The number of methoxy groups -OCH3 is 1. The topological polar surface area (TPSA) is 137 Å². The zero-order valence-corrected chi connectivity index (χ0v) is 18.5. The van der Waals surface area contributed by atoms with E-state index in [4.69, 9.17) is 4.74 Å². The van der Waals surface area contributed by atoms with Crippen molar-refractivity contribution in [3.8, 4) is 0 Å². The van der Waals surface area contributed by atoms with Gasteiger partial charge in [-0.3, -0.25) is 9.59 Å². The zero-order chi connectivity index (χ0) is 22.3. The summed E-state index contributed by atoms with van der Waals surface area (Å²) in [6.07, 6.45) is 2.86. The Morgan fingerprint density at radius 2 is 2.13 bits per heavy atom. The van der Waals surface area contributed by atoms with Crippen molar-refractivity contribution >= 4 is 39.6 Å². The molecule has 0 bridgehead atoms. The number of aryl methyl sites for hydroxylation is 2. The van der Waals surface area contributed by atoms with Gasteiger partial charge in [0, 0.05) is 26.3 Å². The van der Waals surface area contributed by atoms with E-state index in [9.17, 15) is 22.8 Å². The molecule has 0 atom stereocenters. The van der Waals surface area contributed by atoms with Gasteiger partial charge in [0.15, 0.2) is 5.03 Å². The number of amides is 1. The van der Waals surface area contributed by atoms with Gasteiger partial charge < -0.3 is 18.9 Å². The van der Waals surface area contributed by atoms with Crippen molar-refractivity contribution in [2.45, 2.75) is 24.8 Å². The van der Waals surface area contributed by atoms with Crippen LogP contribution in [0.4, 0.5) is 0 Å². The fourth-order valence-electron chi connectivity index (χ4n) is 2.43. The molecule has 1 aliphatic rings. The number of carbonyl (C=O) groups is 3. The second-order valence-electron chi connectivity index (χ2n) is 6.30. The molecule has 2 rings (SSSR count). The molecule has 1 aromatic heterocycles. The SMILES string of the molecule is COC(=O)/C=C1/SCC(=O)N1CCCOC(=O)CCNS(=O)(=O)c1cn(C)c(C)n1. The van der Waals surface area contributed by atoms with E-state index < -0.39 is 22.0 Å². The fourth-order valence-corrected chi connectivity index (χ4v) is 4.45. The molecule has 13 heteroatoms. The Bertz CT molecular complexity index is 920. The minimum atomic E-state index is -3.80. The number of imidazole rings is 1. The van der Waals surface area contributed by atoms with Crippen molar-refractivity contribution in [3.05, 3.63) is 23.1 Å². The van der Waals surface area contributed by atoms with E-state index in [1.807, 2.05) is 0 Å². The predicted molar refractivity (Wildman–Crippen MR) is 108 cm³/mol. The molecule has 1 saturated heterocycles. The van der Waals surface area contributed by atoms with Crippen LogP contribution in [0.15, 0.2) is 22.3 Å². The maximum Gasteiger partial charge on any atom is 0.333 e. The minimum absolute atomic E-state index is 0.0605. The Hall–Kier alpha value is -2.38. The molecule has 0 aliphatic carbocycles. The van der Waals surface area contributed by atoms with Crippen LogP contribution in [0.1, 0.15) is 18.7 Å². The van der Waals surface area contributed by atoms with E-state index in [2.05, 4.69) is 14.4 Å². The number of rotatable bonds is 10. The normalized spacial score (nSPS) is 15.6. The number of sulfonamides is 1. The highest BCUT2D eigenvalue weighted by atomic mass is 32.2. The monoisotopic (exact) mass is 460 g/mol. The Labute approximate surface area is 178 Å². The molecule has 30 heavy (non-hydrogen) atoms. The smallest absolute Gasteiger partial charge is 0.333 e. The number of nitrogens with one attached hydrogen (secondary N) is 1. The quantitative estimate of drug-likeness (QED) is 0.289. The molecule has 1 aromatic rings. The maximum absolute atomic E-state index is 12.1. The van der Waals surface area contributed by atoms with Crippen LogP contribution in [0.25, 0.3) is 0 Å². The highest BCUT2D eigenvalue weighted by Crippen LogP contribution is 2.28. The summed E-state index contributed by atoms with van der Waals surface area (Å²) in [5.41, 5.74) is 0. The van der Waals surface area contributed by atoms with E-state index >= 15 is 0 Å². The minimum Gasteiger partial charge on any atom is -0.466 e. The second-order valence-corrected chi connectivity index (χ2v) is 9.01. The maximum atomic E-state index is 12.1. The van der Waals surface area contributed by atoms with Crippen LogP contribution < -0.4 is 4.72 Å². The summed E-state index contributed by atoms with van der Waals surface area (Å²) in [6, 6.07) is 0. The van der Waals surface area contributed by atoms with Gasteiger partial charge in [-0.15, -0.1) is 0 Å². The van der Waals surface area contributed by atoms with Gasteiger partial charge in [-0.1, -0.05) is 11.8 Å². The summed E-state index contributed by atoms with van der Waals surface area (Å²) >= 11 is 1.24. The first-order valence-electron chi connectivity index (χ1n) is 9.02. The molecule has 0 spiro atoms. The molecular weight excluding hydrogens is 436 g/mol. The van der Waals surface area contributed by atoms with Crippen LogP contribution in [-0.2, 0) is 40.9 Å². The van der Waals surface area contributed by atoms with E-state index in [0.29, 0.717) is 17.3 Å². The third-order valence-electron chi connectivity index (χ3n) is 4.13. The number of esters is 2. The van der Waals surface area contributed by atoms with Gasteiger partial charge in [-0.2, -0.15) is 0 Å². The van der Waals surface area contributed by atoms with E-state index in [0.717, 1.165) is 0 Å². The first-order valence-corrected chi connectivity index (χ1v) is 11.5. The van der Waals surface area contributed by atoms with Gasteiger partial charge in [0.2, 0.25) is 5.91 Å². The predicted octanol–water partition coefficient (Wildman–Crippen LogP) is -0.0800. The average Bonchev–Trinajstić information content (AvgIpc) is 3.21. The number of ether oxygens (including phenoxy) is 2. The molecule has 1 amide bonds. The summed E-state index contributed by atoms with van der Waals surface area (Å²) < 4.78 is 37.8. The van der Waals surface area contributed by atoms with E-state index in [1.165, 1.54) is 36.0 Å². The molecule has 166 valence electrons. The van der Waals surface area contributed by atoms with Crippen molar-refractivity contribution in [2.24, 2.45) is 7.05 Å². The summed E-state index contributed by atoms with van der Waals surface area (Å²) in [5, 5.41) is 0.386. The highest BCUT2D eigenvalue weighted by molar-refractivity contribution is 8.04. The Kier molecular flexibility index (Phi) is 8.43. The summed E-state index contributed by atoms with van der Waals surface area (Å²) in [5.74, 6) is -0.470.